The van der Waals surface area contributed by atoms with Gasteiger partial charge in [-0.2, -0.15) is 13.2 Å². The van der Waals surface area contributed by atoms with E-state index in [2.05, 4.69) is 16.8 Å². The number of hydrogen-bond donors (Lipinski definition) is 0. The van der Waals surface area contributed by atoms with Crippen LogP contribution in [0.2, 0.25) is 0 Å². The standard InChI is InChI=1S/C29H25F3N2O3/c30-29(31,32)22-8-5-19(6-9-22)16-34-17-24(23-3-1-2-4-25(23)34)20-11-13-33(14-12-20)28(35)21-7-10-26-27(15-21)37-18-36-26/h1-10,15,17,20H,11-14,16,18H2. The number of likely N-dealkylation sites (tertiary alicyclic amines) is 1. The van der Waals surface area contributed by atoms with Gasteiger partial charge in [0.25, 0.3) is 5.91 Å². The van der Waals surface area contributed by atoms with Crippen LogP contribution in [-0.2, 0) is 12.7 Å². The van der Waals surface area contributed by atoms with Crippen LogP contribution >= 0.6 is 0 Å². The van der Waals surface area contributed by atoms with Gasteiger partial charge in [-0.3, -0.25) is 4.79 Å². The smallest absolute Gasteiger partial charge is 0.416 e. The highest BCUT2D eigenvalue weighted by Gasteiger charge is 2.30. The molecule has 6 rings (SSSR count). The first-order valence-electron chi connectivity index (χ1n) is 12.3. The van der Waals surface area contributed by atoms with Crippen LogP contribution in [-0.4, -0.2) is 35.3 Å². The van der Waals surface area contributed by atoms with Crippen LogP contribution in [0.3, 0.4) is 0 Å². The Kier molecular flexibility index (Phi) is 5.82. The number of para-hydroxylation sites is 1. The number of aromatic nitrogens is 1. The molecule has 1 aromatic heterocycles. The molecule has 0 saturated carbocycles. The molecule has 1 fully saturated rings. The molecule has 5 nitrogen and oxygen atoms in total. The third-order valence-electron chi connectivity index (χ3n) is 7.30. The zero-order valence-corrected chi connectivity index (χ0v) is 20.0. The van der Waals surface area contributed by atoms with E-state index >= 15 is 0 Å². The highest BCUT2D eigenvalue weighted by atomic mass is 19.4. The average Bonchev–Trinajstić information content (AvgIpc) is 3.53. The zero-order valence-electron chi connectivity index (χ0n) is 20.0. The Morgan fingerprint density at radius 3 is 2.41 bits per heavy atom. The van der Waals surface area contributed by atoms with E-state index in [-0.39, 0.29) is 12.7 Å². The van der Waals surface area contributed by atoms with Gasteiger partial charge in [-0.1, -0.05) is 30.3 Å². The molecule has 0 unspecified atom stereocenters. The van der Waals surface area contributed by atoms with Crippen LogP contribution in [0.5, 0.6) is 11.5 Å². The summed E-state index contributed by atoms with van der Waals surface area (Å²) in [5.41, 5.74) is 3.03. The Labute approximate surface area is 212 Å². The molecule has 4 aromatic rings. The van der Waals surface area contributed by atoms with Crippen molar-refractivity contribution in [2.75, 3.05) is 19.9 Å². The highest BCUT2D eigenvalue weighted by Crippen LogP contribution is 2.37. The summed E-state index contributed by atoms with van der Waals surface area (Å²) in [5.74, 6) is 1.53. The number of carbonyl (C=O) groups is 1. The normalized spacial score (nSPS) is 15.9. The monoisotopic (exact) mass is 506 g/mol. The molecule has 0 atom stereocenters. The number of fused-ring (bicyclic) bond motifs is 2. The predicted octanol–water partition coefficient (Wildman–Crippen LogP) is 6.46. The Bertz CT molecular complexity index is 1450. The van der Waals surface area contributed by atoms with Gasteiger partial charge in [-0.15, -0.1) is 0 Å². The number of nitrogens with zero attached hydrogens (tertiary/aromatic N) is 2. The molecule has 1 saturated heterocycles. The topological polar surface area (TPSA) is 43.7 Å². The first kappa shape index (κ1) is 23.5. The van der Waals surface area contributed by atoms with E-state index < -0.39 is 11.7 Å². The van der Waals surface area contributed by atoms with Gasteiger partial charge >= 0.3 is 6.18 Å². The van der Waals surface area contributed by atoms with E-state index in [0.29, 0.717) is 42.6 Å². The number of piperidine rings is 1. The van der Waals surface area contributed by atoms with Gasteiger partial charge < -0.3 is 18.9 Å². The van der Waals surface area contributed by atoms with Crippen LogP contribution in [0, 0.1) is 0 Å². The zero-order chi connectivity index (χ0) is 25.6. The second-order valence-electron chi connectivity index (χ2n) is 9.56. The molecule has 190 valence electrons. The SMILES string of the molecule is O=C(c1ccc2c(c1)OCO2)N1CCC(c2cn(Cc3ccc(C(F)(F)F)cc3)c3ccccc23)CC1. The van der Waals surface area contributed by atoms with E-state index in [1.807, 2.05) is 23.1 Å². The number of carbonyl (C=O) groups excluding carboxylic acids is 1. The minimum atomic E-state index is -4.34. The molecule has 0 radical (unpaired) electrons. The fourth-order valence-electron chi connectivity index (χ4n) is 5.33. The maximum atomic E-state index is 13.1. The summed E-state index contributed by atoms with van der Waals surface area (Å²) < 4.78 is 51.7. The third-order valence-corrected chi connectivity index (χ3v) is 7.30. The lowest BCUT2D eigenvalue weighted by atomic mass is 9.89. The number of alkyl halides is 3. The van der Waals surface area contributed by atoms with Crippen molar-refractivity contribution >= 4 is 16.8 Å². The first-order valence-corrected chi connectivity index (χ1v) is 12.3. The van der Waals surface area contributed by atoms with Crippen LogP contribution in [0.1, 0.15) is 45.8 Å². The van der Waals surface area contributed by atoms with Crippen LogP contribution in [0.15, 0.2) is 72.9 Å². The molecule has 3 aromatic carbocycles. The molecule has 0 aliphatic carbocycles. The maximum absolute atomic E-state index is 13.1. The minimum Gasteiger partial charge on any atom is -0.454 e. The van der Waals surface area contributed by atoms with Crippen molar-refractivity contribution in [3.8, 4) is 11.5 Å². The van der Waals surface area contributed by atoms with Crippen molar-refractivity contribution in [2.24, 2.45) is 0 Å². The maximum Gasteiger partial charge on any atom is 0.416 e. The molecule has 0 N–H and O–H groups in total. The lowest BCUT2D eigenvalue weighted by molar-refractivity contribution is -0.137. The van der Waals surface area contributed by atoms with Crippen LogP contribution < -0.4 is 9.47 Å². The van der Waals surface area contributed by atoms with Gasteiger partial charge in [-0.25, -0.2) is 0 Å². The summed E-state index contributed by atoms with van der Waals surface area (Å²) in [6, 6.07) is 18.8. The van der Waals surface area contributed by atoms with E-state index in [9.17, 15) is 18.0 Å². The fraction of sp³-hybridized carbons (Fsp3) is 0.276. The highest BCUT2D eigenvalue weighted by molar-refractivity contribution is 5.95. The third kappa shape index (κ3) is 4.52. The van der Waals surface area contributed by atoms with Crippen molar-refractivity contribution < 1.29 is 27.4 Å². The Morgan fingerprint density at radius 2 is 1.65 bits per heavy atom. The van der Waals surface area contributed by atoms with Gasteiger partial charge in [0.15, 0.2) is 11.5 Å². The second-order valence-corrected chi connectivity index (χ2v) is 9.56. The summed E-state index contributed by atoms with van der Waals surface area (Å²) in [4.78, 5) is 15.0. The number of benzene rings is 3. The number of rotatable bonds is 4. The van der Waals surface area contributed by atoms with Gasteiger partial charge in [0.2, 0.25) is 6.79 Å². The molecular weight excluding hydrogens is 481 g/mol. The van der Waals surface area contributed by atoms with Crippen molar-refractivity contribution in [3.05, 3.63) is 95.2 Å². The van der Waals surface area contributed by atoms with Gasteiger partial charge in [-0.05, 0) is 66.3 Å². The van der Waals surface area contributed by atoms with Crippen molar-refractivity contribution in [3.63, 3.8) is 0 Å². The Balaban J connectivity index is 1.18. The first-order chi connectivity index (χ1) is 17.9. The van der Waals surface area contributed by atoms with E-state index in [0.717, 1.165) is 41.4 Å². The molecule has 0 bridgehead atoms. The Morgan fingerprint density at radius 1 is 0.919 bits per heavy atom. The van der Waals surface area contributed by atoms with E-state index in [1.165, 1.54) is 17.7 Å². The number of ether oxygens (including phenoxy) is 2. The minimum absolute atomic E-state index is 0.0125. The molecular formula is C29H25F3N2O3. The van der Waals surface area contributed by atoms with Crippen molar-refractivity contribution in [2.45, 2.75) is 31.5 Å². The summed E-state index contributed by atoms with van der Waals surface area (Å²) in [6.07, 6.45) is -0.539. The molecule has 1 amide bonds. The van der Waals surface area contributed by atoms with E-state index in [1.54, 1.807) is 18.2 Å². The molecule has 2 aliphatic heterocycles. The van der Waals surface area contributed by atoms with Crippen LogP contribution in [0.25, 0.3) is 10.9 Å². The summed E-state index contributed by atoms with van der Waals surface area (Å²) >= 11 is 0. The number of amides is 1. The fourth-order valence-corrected chi connectivity index (χ4v) is 5.33. The Hall–Kier alpha value is -3.94. The van der Waals surface area contributed by atoms with Crippen molar-refractivity contribution in [1.82, 2.24) is 9.47 Å². The largest absolute Gasteiger partial charge is 0.454 e. The van der Waals surface area contributed by atoms with Gasteiger partial charge in [0.05, 0.1) is 5.56 Å². The average molecular weight is 507 g/mol. The van der Waals surface area contributed by atoms with Crippen LogP contribution in [0.4, 0.5) is 13.2 Å². The molecule has 3 heterocycles. The predicted molar refractivity (Wildman–Crippen MR) is 133 cm³/mol. The molecule has 37 heavy (non-hydrogen) atoms. The second kappa shape index (κ2) is 9.18. The lowest BCUT2D eigenvalue weighted by Crippen LogP contribution is -2.37. The molecule has 8 heteroatoms. The lowest BCUT2D eigenvalue weighted by Gasteiger charge is -2.32. The van der Waals surface area contributed by atoms with Gasteiger partial charge in [0, 0.05) is 42.3 Å². The summed E-state index contributed by atoms with van der Waals surface area (Å²) in [6.45, 7) is 1.96. The summed E-state index contributed by atoms with van der Waals surface area (Å²) in [5, 5.41) is 1.15. The van der Waals surface area contributed by atoms with E-state index in [4.69, 9.17) is 9.47 Å². The van der Waals surface area contributed by atoms with Gasteiger partial charge in [0.1, 0.15) is 0 Å². The summed E-state index contributed by atoms with van der Waals surface area (Å²) in [7, 11) is 0. The quantitative estimate of drug-likeness (QED) is 0.319. The number of hydrogen-bond acceptors (Lipinski definition) is 3. The molecule has 2 aliphatic rings. The molecule has 0 spiro atoms. The number of halogens is 3. The van der Waals surface area contributed by atoms with Crippen molar-refractivity contribution in [1.29, 1.82) is 0 Å².